The molecule has 1 atom stereocenters. The Morgan fingerprint density at radius 2 is 2.20 bits per heavy atom. The summed E-state index contributed by atoms with van der Waals surface area (Å²) in [7, 11) is 0. The summed E-state index contributed by atoms with van der Waals surface area (Å²) in [5.41, 5.74) is 0. The molecule has 0 saturated carbocycles. The molecule has 1 N–H and O–H groups in total. The lowest BCUT2D eigenvalue weighted by Crippen LogP contribution is -2.52. The molecule has 58 valence electrons. The molecule has 1 amide bonds. The minimum absolute atomic E-state index is 0.108. The van der Waals surface area contributed by atoms with Gasteiger partial charge in [-0.1, -0.05) is 0 Å². The minimum Gasteiger partial charge on any atom is -0.393 e. The fraction of sp³-hybridized carbons (Fsp3) is 0.857. The van der Waals surface area contributed by atoms with E-state index < -0.39 is 0 Å². The highest BCUT2D eigenvalue weighted by atomic mass is 16.3. The van der Waals surface area contributed by atoms with Crippen LogP contribution >= 0.6 is 0 Å². The SMILES string of the molecule is CC(=O)N1CC([C@@H](C)O)C1. The molecule has 0 bridgehead atoms. The normalized spacial score (nSPS) is 22.1. The van der Waals surface area contributed by atoms with Crippen molar-refractivity contribution >= 4 is 5.91 Å². The van der Waals surface area contributed by atoms with Crippen molar-refractivity contribution in [2.75, 3.05) is 13.1 Å². The Labute approximate surface area is 60.6 Å². The smallest absolute Gasteiger partial charge is 0.219 e. The zero-order valence-corrected chi connectivity index (χ0v) is 6.37. The van der Waals surface area contributed by atoms with E-state index in [1.165, 1.54) is 0 Å². The zero-order valence-electron chi connectivity index (χ0n) is 6.37. The molecule has 3 heteroatoms. The fourth-order valence-electron chi connectivity index (χ4n) is 1.07. The first-order chi connectivity index (χ1) is 4.61. The third-order valence-electron chi connectivity index (χ3n) is 2.04. The number of carbonyl (C=O) groups is 1. The molecule has 3 nitrogen and oxygen atoms in total. The Balaban J connectivity index is 2.24. The first-order valence-corrected chi connectivity index (χ1v) is 3.55. The molecule has 0 unspecified atom stereocenters. The van der Waals surface area contributed by atoms with Crippen molar-refractivity contribution in [3.05, 3.63) is 0 Å². The molecular formula is C7H13NO2. The van der Waals surface area contributed by atoms with Gasteiger partial charge in [0.05, 0.1) is 6.10 Å². The van der Waals surface area contributed by atoms with Crippen molar-refractivity contribution in [2.45, 2.75) is 20.0 Å². The van der Waals surface area contributed by atoms with Gasteiger partial charge >= 0.3 is 0 Å². The largest absolute Gasteiger partial charge is 0.393 e. The van der Waals surface area contributed by atoms with Crippen molar-refractivity contribution in [3.63, 3.8) is 0 Å². The molecule has 1 aliphatic rings. The summed E-state index contributed by atoms with van der Waals surface area (Å²) in [5.74, 6) is 0.417. The van der Waals surface area contributed by atoms with Crippen LogP contribution in [0.1, 0.15) is 13.8 Å². The molecule has 0 aromatic carbocycles. The number of aliphatic hydroxyl groups excluding tert-OH is 1. The van der Waals surface area contributed by atoms with Crippen LogP contribution in [0.25, 0.3) is 0 Å². The van der Waals surface area contributed by atoms with Gasteiger partial charge in [-0.05, 0) is 6.92 Å². The van der Waals surface area contributed by atoms with E-state index in [-0.39, 0.29) is 12.0 Å². The summed E-state index contributed by atoms with van der Waals surface area (Å²) >= 11 is 0. The van der Waals surface area contributed by atoms with E-state index in [4.69, 9.17) is 5.11 Å². The summed E-state index contributed by atoms with van der Waals surface area (Å²) in [6.45, 7) is 4.78. The zero-order chi connectivity index (χ0) is 7.72. The summed E-state index contributed by atoms with van der Waals surface area (Å²) in [6, 6.07) is 0. The van der Waals surface area contributed by atoms with E-state index in [1.54, 1.807) is 18.7 Å². The standard InChI is InChI=1S/C7H13NO2/c1-5(9)7-3-8(4-7)6(2)10/h5,7,9H,3-4H2,1-2H3/t5-/m1/s1. The number of carbonyl (C=O) groups excluding carboxylic acids is 1. The highest BCUT2D eigenvalue weighted by Gasteiger charge is 2.31. The Hall–Kier alpha value is -0.570. The van der Waals surface area contributed by atoms with E-state index in [0.717, 1.165) is 13.1 Å². The van der Waals surface area contributed by atoms with Crippen LogP contribution in [0.15, 0.2) is 0 Å². The van der Waals surface area contributed by atoms with Gasteiger partial charge in [0.1, 0.15) is 0 Å². The number of hydrogen-bond donors (Lipinski definition) is 1. The lowest BCUT2D eigenvalue weighted by Gasteiger charge is -2.40. The van der Waals surface area contributed by atoms with Gasteiger partial charge in [-0.3, -0.25) is 4.79 Å². The van der Waals surface area contributed by atoms with Crippen molar-refractivity contribution in [3.8, 4) is 0 Å². The Morgan fingerprint density at radius 1 is 1.70 bits per heavy atom. The van der Waals surface area contributed by atoms with Gasteiger partial charge in [-0.25, -0.2) is 0 Å². The minimum atomic E-state index is -0.268. The van der Waals surface area contributed by atoms with Crippen LogP contribution in [-0.2, 0) is 4.79 Å². The lowest BCUT2D eigenvalue weighted by molar-refractivity contribution is -0.137. The van der Waals surface area contributed by atoms with Gasteiger partial charge in [0, 0.05) is 25.9 Å². The van der Waals surface area contributed by atoms with Gasteiger partial charge in [-0.15, -0.1) is 0 Å². The van der Waals surface area contributed by atoms with Crippen molar-refractivity contribution < 1.29 is 9.90 Å². The lowest BCUT2D eigenvalue weighted by atomic mass is 9.95. The topological polar surface area (TPSA) is 40.5 Å². The van der Waals surface area contributed by atoms with Crippen LogP contribution < -0.4 is 0 Å². The maximum atomic E-state index is 10.6. The molecule has 0 aromatic heterocycles. The Kier molecular flexibility index (Phi) is 1.94. The number of amides is 1. The molecule has 0 aromatic rings. The third kappa shape index (κ3) is 1.29. The molecule has 0 aliphatic carbocycles. The molecule has 1 fully saturated rings. The van der Waals surface area contributed by atoms with E-state index in [0.29, 0.717) is 5.92 Å². The number of aliphatic hydroxyl groups is 1. The molecule has 0 spiro atoms. The predicted molar refractivity (Wildman–Crippen MR) is 37.4 cm³/mol. The number of nitrogens with zero attached hydrogens (tertiary/aromatic N) is 1. The van der Waals surface area contributed by atoms with E-state index in [2.05, 4.69) is 0 Å². The Bertz CT molecular complexity index is 139. The number of hydrogen-bond acceptors (Lipinski definition) is 2. The second-order valence-electron chi connectivity index (χ2n) is 2.92. The Morgan fingerprint density at radius 3 is 2.50 bits per heavy atom. The van der Waals surface area contributed by atoms with Gasteiger partial charge < -0.3 is 10.0 Å². The first-order valence-electron chi connectivity index (χ1n) is 3.55. The predicted octanol–water partition coefficient (Wildman–Crippen LogP) is -0.155. The third-order valence-corrected chi connectivity index (χ3v) is 2.04. The van der Waals surface area contributed by atoms with Crippen LogP contribution in [0.5, 0.6) is 0 Å². The van der Waals surface area contributed by atoms with Crippen molar-refractivity contribution in [1.82, 2.24) is 4.90 Å². The summed E-state index contributed by atoms with van der Waals surface area (Å²) in [4.78, 5) is 12.4. The van der Waals surface area contributed by atoms with Gasteiger partial charge in [-0.2, -0.15) is 0 Å². The van der Waals surface area contributed by atoms with Crippen LogP contribution in [0.3, 0.4) is 0 Å². The van der Waals surface area contributed by atoms with E-state index in [1.807, 2.05) is 0 Å². The van der Waals surface area contributed by atoms with Crippen LogP contribution in [0.2, 0.25) is 0 Å². The van der Waals surface area contributed by atoms with Crippen LogP contribution in [0, 0.1) is 5.92 Å². The first kappa shape index (κ1) is 7.54. The van der Waals surface area contributed by atoms with Crippen molar-refractivity contribution in [1.29, 1.82) is 0 Å². The van der Waals surface area contributed by atoms with Crippen LogP contribution in [-0.4, -0.2) is 35.1 Å². The maximum absolute atomic E-state index is 10.6. The van der Waals surface area contributed by atoms with Gasteiger partial charge in [0.2, 0.25) is 5.91 Å². The average Bonchev–Trinajstić information content (AvgIpc) is 1.56. The second kappa shape index (κ2) is 2.58. The summed E-state index contributed by atoms with van der Waals surface area (Å²) < 4.78 is 0. The number of rotatable bonds is 1. The quantitative estimate of drug-likeness (QED) is 0.554. The highest BCUT2D eigenvalue weighted by Crippen LogP contribution is 2.18. The monoisotopic (exact) mass is 143 g/mol. The van der Waals surface area contributed by atoms with Crippen molar-refractivity contribution in [2.24, 2.45) is 5.92 Å². The molecule has 1 aliphatic heterocycles. The van der Waals surface area contributed by atoms with E-state index in [9.17, 15) is 4.79 Å². The van der Waals surface area contributed by atoms with Gasteiger partial charge in [0.25, 0.3) is 0 Å². The molecule has 0 radical (unpaired) electrons. The highest BCUT2D eigenvalue weighted by molar-refractivity contribution is 5.74. The molecule has 10 heavy (non-hydrogen) atoms. The molecular weight excluding hydrogens is 130 g/mol. The van der Waals surface area contributed by atoms with Crippen LogP contribution in [0.4, 0.5) is 0 Å². The number of likely N-dealkylation sites (tertiary alicyclic amines) is 1. The van der Waals surface area contributed by atoms with E-state index >= 15 is 0 Å². The molecule has 1 saturated heterocycles. The molecule has 1 rings (SSSR count). The summed E-state index contributed by atoms with van der Waals surface area (Å²) in [6.07, 6.45) is -0.268. The maximum Gasteiger partial charge on any atom is 0.219 e. The fourth-order valence-corrected chi connectivity index (χ4v) is 1.07. The average molecular weight is 143 g/mol. The molecule has 1 heterocycles. The van der Waals surface area contributed by atoms with Gasteiger partial charge in [0.15, 0.2) is 0 Å². The second-order valence-corrected chi connectivity index (χ2v) is 2.92. The summed E-state index contributed by atoms with van der Waals surface area (Å²) in [5, 5.41) is 9.03.